The molecule has 0 fully saturated rings. The molecule has 0 aliphatic carbocycles. The van der Waals surface area contributed by atoms with Crippen LogP contribution in [-0.2, 0) is 19.3 Å². The first-order valence-corrected chi connectivity index (χ1v) is 6.96. The van der Waals surface area contributed by atoms with Gasteiger partial charge in [-0.05, 0) is 18.2 Å². The van der Waals surface area contributed by atoms with Crippen LogP contribution in [0.25, 0.3) is 0 Å². The number of benzene rings is 1. The highest BCUT2D eigenvalue weighted by molar-refractivity contribution is 7.98. The molecule has 1 aromatic heterocycles. The van der Waals surface area contributed by atoms with Crippen molar-refractivity contribution in [3.8, 4) is 11.8 Å². The molecule has 0 unspecified atom stereocenters. The maximum atomic E-state index is 8.95. The van der Waals surface area contributed by atoms with Crippen molar-refractivity contribution in [1.29, 1.82) is 5.26 Å². The fourth-order valence-corrected chi connectivity index (χ4v) is 2.66. The van der Waals surface area contributed by atoms with Crippen LogP contribution < -0.4 is 10.5 Å². The van der Waals surface area contributed by atoms with Crippen LogP contribution in [0.5, 0.6) is 5.75 Å². The van der Waals surface area contributed by atoms with Crippen molar-refractivity contribution in [2.45, 2.75) is 17.5 Å². The van der Waals surface area contributed by atoms with Crippen molar-refractivity contribution in [3.63, 3.8) is 0 Å². The zero-order valence-electron chi connectivity index (χ0n) is 11.3. The fraction of sp³-hybridized carbons (Fsp3) is 0.308. The van der Waals surface area contributed by atoms with Crippen LogP contribution in [0.2, 0.25) is 0 Å². The monoisotopic (exact) mass is 289 g/mol. The molecule has 20 heavy (non-hydrogen) atoms. The van der Waals surface area contributed by atoms with E-state index in [-0.39, 0.29) is 0 Å². The predicted octanol–water partition coefficient (Wildman–Crippen LogP) is 1.45. The third kappa shape index (κ3) is 2.92. The van der Waals surface area contributed by atoms with Gasteiger partial charge < -0.3 is 15.0 Å². The Kier molecular flexibility index (Phi) is 4.61. The van der Waals surface area contributed by atoms with Crippen LogP contribution in [0.15, 0.2) is 23.4 Å². The van der Waals surface area contributed by atoms with Gasteiger partial charge in [0.05, 0.1) is 25.3 Å². The number of hydrogen-bond acceptors (Lipinski definition) is 6. The molecule has 0 spiro atoms. The van der Waals surface area contributed by atoms with E-state index in [0.29, 0.717) is 17.9 Å². The predicted molar refractivity (Wildman–Crippen MR) is 76.2 cm³/mol. The molecule has 2 N–H and O–H groups in total. The number of rotatable bonds is 5. The number of nitrogens with two attached hydrogens (primary N) is 1. The van der Waals surface area contributed by atoms with Gasteiger partial charge in [0.1, 0.15) is 11.6 Å². The smallest absolute Gasteiger partial charge is 0.191 e. The Hall–Kier alpha value is -2.04. The maximum absolute atomic E-state index is 8.95. The van der Waals surface area contributed by atoms with Crippen LogP contribution in [0.3, 0.4) is 0 Å². The highest BCUT2D eigenvalue weighted by atomic mass is 32.2. The van der Waals surface area contributed by atoms with E-state index in [0.717, 1.165) is 22.3 Å². The van der Waals surface area contributed by atoms with Crippen LogP contribution in [0.1, 0.15) is 17.0 Å². The van der Waals surface area contributed by atoms with Gasteiger partial charge >= 0.3 is 0 Å². The zero-order valence-corrected chi connectivity index (χ0v) is 12.1. The fourth-order valence-electron chi connectivity index (χ4n) is 1.75. The lowest BCUT2D eigenvalue weighted by atomic mass is 10.1. The Labute approximate surface area is 121 Å². The van der Waals surface area contributed by atoms with E-state index in [1.54, 1.807) is 19.2 Å². The molecular weight excluding hydrogens is 274 g/mol. The lowest BCUT2D eigenvalue weighted by Crippen LogP contribution is -2.05. The van der Waals surface area contributed by atoms with Crippen LogP contribution in [0.4, 0.5) is 0 Å². The standard InChI is InChI=1S/C13H15N5OS/c1-18-12(7-15)16-17-13(18)20-8-10-5-9(6-14)3-4-11(10)19-2/h3-5H,7-8,15H2,1-2H3. The Balaban J connectivity index is 2.17. The first-order valence-electron chi connectivity index (χ1n) is 5.97. The summed E-state index contributed by atoms with van der Waals surface area (Å²) >= 11 is 1.53. The largest absolute Gasteiger partial charge is 0.496 e. The molecule has 6 nitrogen and oxygen atoms in total. The molecule has 7 heteroatoms. The van der Waals surface area contributed by atoms with Crippen LogP contribution >= 0.6 is 11.8 Å². The summed E-state index contributed by atoms with van der Waals surface area (Å²) in [5.74, 6) is 2.15. The first kappa shape index (κ1) is 14.4. The second kappa shape index (κ2) is 6.41. The Morgan fingerprint density at radius 2 is 2.25 bits per heavy atom. The summed E-state index contributed by atoms with van der Waals surface area (Å²) < 4.78 is 7.17. The lowest BCUT2D eigenvalue weighted by Gasteiger charge is -2.08. The van der Waals surface area contributed by atoms with Crippen molar-refractivity contribution in [2.75, 3.05) is 7.11 Å². The van der Waals surface area contributed by atoms with Gasteiger partial charge in [-0.25, -0.2) is 0 Å². The Morgan fingerprint density at radius 3 is 2.85 bits per heavy atom. The minimum absolute atomic E-state index is 0.358. The van der Waals surface area contributed by atoms with E-state index in [9.17, 15) is 0 Å². The number of nitriles is 1. The average molecular weight is 289 g/mol. The molecular formula is C13H15N5OS. The molecule has 104 valence electrons. The van der Waals surface area contributed by atoms with Gasteiger partial charge in [-0.3, -0.25) is 0 Å². The van der Waals surface area contributed by atoms with E-state index in [1.807, 2.05) is 17.7 Å². The second-order valence-corrected chi connectivity index (χ2v) is 5.03. The molecule has 0 saturated carbocycles. The summed E-state index contributed by atoms with van der Waals surface area (Å²) in [5, 5.41) is 17.8. The molecule has 2 rings (SSSR count). The van der Waals surface area contributed by atoms with Crippen molar-refractivity contribution >= 4 is 11.8 Å². The average Bonchev–Trinajstić information content (AvgIpc) is 2.85. The highest BCUT2D eigenvalue weighted by Gasteiger charge is 2.10. The van der Waals surface area contributed by atoms with Crippen molar-refractivity contribution < 1.29 is 4.74 Å². The summed E-state index contributed by atoms with van der Waals surface area (Å²) in [4.78, 5) is 0. The number of thioether (sulfide) groups is 1. The lowest BCUT2D eigenvalue weighted by molar-refractivity contribution is 0.411. The zero-order chi connectivity index (χ0) is 14.5. The van der Waals surface area contributed by atoms with Gasteiger partial charge in [0.15, 0.2) is 5.16 Å². The van der Waals surface area contributed by atoms with Gasteiger partial charge in [-0.1, -0.05) is 11.8 Å². The Morgan fingerprint density at radius 1 is 1.45 bits per heavy atom. The van der Waals surface area contributed by atoms with Gasteiger partial charge in [-0.15, -0.1) is 10.2 Å². The minimum atomic E-state index is 0.358. The summed E-state index contributed by atoms with van der Waals surface area (Å²) in [6, 6.07) is 7.49. The molecule has 0 saturated heterocycles. The van der Waals surface area contributed by atoms with E-state index < -0.39 is 0 Å². The number of hydrogen-bond donors (Lipinski definition) is 1. The highest BCUT2D eigenvalue weighted by Crippen LogP contribution is 2.27. The van der Waals surface area contributed by atoms with Gasteiger partial charge in [0.25, 0.3) is 0 Å². The summed E-state index contributed by atoms with van der Waals surface area (Å²) in [5.41, 5.74) is 7.13. The molecule has 1 aromatic carbocycles. The first-order chi connectivity index (χ1) is 9.69. The molecule has 0 bridgehead atoms. The summed E-state index contributed by atoms with van der Waals surface area (Å²) in [6.45, 7) is 0.358. The van der Waals surface area contributed by atoms with Gasteiger partial charge in [0, 0.05) is 18.4 Å². The maximum Gasteiger partial charge on any atom is 0.191 e. The molecule has 1 heterocycles. The van der Waals surface area contributed by atoms with Crippen molar-refractivity contribution in [3.05, 3.63) is 35.2 Å². The van der Waals surface area contributed by atoms with E-state index >= 15 is 0 Å². The number of methoxy groups -OCH3 is 1. The quantitative estimate of drug-likeness (QED) is 0.838. The second-order valence-electron chi connectivity index (χ2n) is 4.09. The third-order valence-corrected chi connectivity index (χ3v) is 3.94. The molecule has 0 aliphatic heterocycles. The molecule has 2 aromatic rings. The van der Waals surface area contributed by atoms with Crippen LogP contribution in [-0.4, -0.2) is 21.9 Å². The van der Waals surface area contributed by atoms with Crippen molar-refractivity contribution in [1.82, 2.24) is 14.8 Å². The van der Waals surface area contributed by atoms with Gasteiger partial charge in [-0.2, -0.15) is 5.26 Å². The Bertz CT molecular complexity index is 647. The molecule has 0 atom stereocenters. The van der Waals surface area contributed by atoms with E-state index in [4.69, 9.17) is 15.7 Å². The van der Waals surface area contributed by atoms with Crippen molar-refractivity contribution in [2.24, 2.45) is 12.8 Å². The number of ether oxygens (including phenoxy) is 1. The molecule has 0 aliphatic rings. The van der Waals surface area contributed by atoms with Gasteiger partial charge in [0.2, 0.25) is 0 Å². The third-order valence-electron chi connectivity index (χ3n) is 2.87. The summed E-state index contributed by atoms with van der Waals surface area (Å²) in [7, 11) is 3.50. The number of aromatic nitrogens is 3. The van der Waals surface area contributed by atoms with E-state index in [1.165, 1.54) is 11.8 Å². The summed E-state index contributed by atoms with van der Waals surface area (Å²) in [6.07, 6.45) is 0. The SMILES string of the molecule is COc1ccc(C#N)cc1CSc1nnc(CN)n1C. The minimum Gasteiger partial charge on any atom is -0.496 e. The normalized spacial score (nSPS) is 10.3. The van der Waals surface area contributed by atoms with E-state index in [2.05, 4.69) is 16.3 Å². The molecule has 0 amide bonds. The molecule has 0 radical (unpaired) electrons. The van der Waals surface area contributed by atoms with Crippen LogP contribution in [0, 0.1) is 11.3 Å². The topological polar surface area (TPSA) is 89.8 Å². The number of nitrogens with zero attached hydrogens (tertiary/aromatic N) is 4.